The summed E-state index contributed by atoms with van der Waals surface area (Å²) in [4.78, 5) is 40.2. The van der Waals surface area contributed by atoms with E-state index in [-0.39, 0.29) is 37.6 Å². The van der Waals surface area contributed by atoms with Crippen LogP contribution in [-0.2, 0) is 37.0 Å². The predicted octanol–water partition coefficient (Wildman–Crippen LogP) is 5.09. The Balaban J connectivity index is 1.99. The molecule has 3 aromatic rings. The summed E-state index contributed by atoms with van der Waals surface area (Å²) in [5.74, 6) is -1.81. The van der Waals surface area contributed by atoms with Gasteiger partial charge in [-0.05, 0) is 80.5 Å². The van der Waals surface area contributed by atoms with E-state index in [9.17, 15) is 18.8 Å². The smallest absolute Gasteiger partial charge is 0.339 e. The summed E-state index contributed by atoms with van der Waals surface area (Å²) in [7, 11) is 0. The van der Waals surface area contributed by atoms with Crippen molar-refractivity contribution in [2.45, 2.75) is 92.3 Å². The average molecular weight is 640 g/mol. The molecule has 0 N–H and O–H groups in total. The first-order valence-electron chi connectivity index (χ1n) is 14.7. The second kappa shape index (κ2) is 14.7. The van der Waals surface area contributed by atoms with E-state index < -0.39 is 40.5 Å². The van der Waals surface area contributed by atoms with E-state index in [1.165, 1.54) is 18.5 Å². The maximum absolute atomic E-state index is 14.2. The van der Waals surface area contributed by atoms with Gasteiger partial charge in [0, 0.05) is 23.2 Å². The second-order valence-corrected chi connectivity index (χ2v) is 13.6. The van der Waals surface area contributed by atoms with E-state index >= 15 is 0 Å². The Bertz CT molecular complexity index is 1500. The summed E-state index contributed by atoms with van der Waals surface area (Å²) >= 11 is 0. The van der Waals surface area contributed by atoms with Gasteiger partial charge in [0.2, 0.25) is 5.82 Å². The fraction of sp³-hybridized carbons (Fsp3) is 0.485. The number of esters is 3. The molecule has 0 atom stereocenters. The molecule has 0 saturated heterocycles. The molecule has 0 fully saturated rings. The molecular formula is C33H42FN5O7. The van der Waals surface area contributed by atoms with Crippen LogP contribution in [0, 0.1) is 5.82 Å². The number of rotatable bonds is 11. The molecule has 0 radical (unpaired) electrons. The van der Waals surface area contributed by atoms with Crippen molar-refractivity contribution in [3.63, 3.8) is 0 Å². The van der Waals surface area contributed by atoms with Crippen molar-refractivity contribution < 1.29 is 37.7 Å². The zero-order valence-corrected chi connectivity index (χ0v) is 27.8. The van der Waals surface area contributed by atoms with E-state index in [0.717, 1.165) is 6.07 Å². The van der Waals surface area contributed by atoms with Crippen molar-refractivity contribution in [3.8, 4) is 17.1 Å². The lowest BCUT2D eigenvalue weighted by molar-refractivity contribution is -0.160. The third-order valence-corrected chi connectivity index (χ3v) is 5.75. The predicted molar refractivity (Wildman–Crippen MR) is 166 cm³/mol. The zero-order valence-electron chi connectivity index (χ0n) is 27.8. The molecule has 3 rings (SSSR count). The number of carbonyl (C=O) groups excluding carboxylic acids is 3. The molecule has 248 valence electrons. The first-order chi connectivity index (χ1) is 21.3. The van der Waals surface area contributed by atoms with E-state index in [1.54, 1.807) is 85.4 Å². The quantitative estimate of drug-likeness (QED) is 0.204. The van der Waals surface area contributed by atoms with Crippen LogP contribution in [0.5, 0.6) is 5.75 Å². The molecule has 0 bridgehead atoms. The highest BCUT2D eigenvalue weighted by Gasteiger charge is 2.26. The maximum atomic E-state index is 14.2. The Morgan fingerprint density at radius 2 is 1.28 bits per heavy atom. The van der Waals surface area contributed by atoms with E-state index in [2.05, 4.69) is 20.4 Å². The van der Waals surface area contributed by atoms with E-state index in [1.807, 2.05) is 0 Å². The lowest BCUT2D eigenvalue weighted by atomic mass is 10.1. The fourth-order valence-electron chi connectivity index (χ4n) is 4.15. The van der Waals surface area contributed by atoms with E-state index in [4.69, 9.17) is 18.9 Å². The molecule has 1 aromatic heterocycles. The van der Waals surface area contributed by atoms with Gasteiger partial charge in [0.15, 0.2) is 6.33 Å². The Morgan fingerprint density at radius 3 is 1.83 bits per heavy atom. The van der Waals surface area contributed by atoms with Gasteiger partial charge in [-0.15, -0.1) is 20.4 Å². The van der Waals surface area contributed by atoms with Crippen LogP contribution >= 0.6 is 0 Å². The van der Waals surface area contributed by atoms with Crippen molar-refractivity contribution >= 4 is 17.9 Å². The SMILES string of the molecule is CC(C)(C)OC(=O)CN(CC(=O)OC(C)(C)C)Cc1ccc(-c2nncnn2)cc1OCc1ccc(F)cc1C(=O)OC(C)(C)C. The number of nitrogens with zero attached hydrogens (tertiary/aromatic N) is 5. The summed E-state index contributed by atoms with van der Waals surface area (Å²) in [6.45, 7) is 15.2. The molecule has 0 saturated carbocycles. The first-order valence-corrected chi connectivity index (χ1v) is 14.7. The van der Waals surface area contributed by atoms with Crippen LogP contribution in [0.3, 0.4) is 0 Å². The molecule has 1 heterocycles. The monoisotopic (exact) mass is 639 g/mol. The zero-order chi connectivity index (χ0) is 34.3. The summed E-state index contributed by atoms with van der Waals surface area (Å²) in [5.41, 5.74) is -0.765. The molecule has 0 spiro atoms. The third kappa shape index (κ3) is 12.1. The fourth-order valence-corrected chi connectivity index (χ4v) is 4.15. The number of hydrogen-bond acceptors (Lipinski definition) is 12. The number of hydrogen-bond donors (Lipinski definition) is 0. The third-order valence-electron chi connectivity index (χ3n) is 5.75. The lowest BCUT2D eigenvalue weighted by Crippen LogP contribution is -2.39. The van der Waals surface area contributed by atoms with Gasteiger partial charge in [0.1, 0.15) is 35.0 Å². The highest BCUT2D eigenvalue weighted by molar-refractivity contribution is 5.91. The molecule has 0 amide bonds. The van der Waals surface area contributed by atoms with Crippen LogP contribution in [0.4, 0.5) is 4.39 Å². The van der Waals surface area contributed by atoms with Crippen LogP contribution in [0.1, 0.15) is 83.8 Å². The number of halogens is 1. The van der Waals surface area contributed by atoms with Gasteiger partial charge in [0.25, 0.3) is 0 Å². The topological polar surface area (TPSA) is 143 Å². The van der Waals surface area contributed by atoms with Crippen LogP contribution in [0.25, 0.3) is 11.4 Å². The highest BCUT2D eigenvalue weighted by Crippen LogP contribution is 2.28. The van der Waals surface area contributed by atoms with Crippen LogP contribution in [0.2, 0.25) is 0 Å². The van der Waals surface area contributed by atoms with Crippen molar-refractivity contribution in [2.24, 2.45) is 0 Å². The van der Waals surface area contributed by atoms with Crippen LogP contribution < -0.4 is 4.74 Å². The number of benzene rings is 2. The van der Waals surface area contributed by atoms with Gasteiger partial charge in [-0.3, -0.25) is 14.5 Å². The minimum atomic E-state index is -0.799. The number of aromatic nitrogens is 4. The number of carbonyl (C=O) groups is 3. The highest BCUT2D eigenvalue weighted by atomic mass is 19.1. The largest absolute Gasteiger partial charge is 0.489 e. The van der Waals surface area contributed by atoms with Crippen LogP contribution in [-0.4, -0.2) is 73.1 Å². The van der Waals surface area contributed by atoms with Crippen molar-refractivity contribution in [1.29, 1.82) is 0 Å². The molecule has 2 aromatic carbocycles. The van der Waals surface area contributed by atoms with Crippen molar-refractivity contribution in [3.05, 3.63) is 65.2 Å². The van der Waals surface area contributed by atoms with Crippen LogP contribution in [0.15, 0.2) is 42.7 Å². The van der Waals surface area contributed by atoms with Gasteiger partial charge >= 0.3 is 17.9 Å². The molecule has 13 heteroatoms. The van der Waals surface area contributed by atoms with Crippen molar-refractivity contribution in [1.82, 2.24) is 25.3 Å². The molecule has 0 aliphatic carbocycles. The Labute approximate surface area is 268 Å². The van der Waals surface area contributed by atoms with Gasteiger partial charge in [0.05, 0.1) is 18.7 Å². The Hall–Kier alpha value is -4.52. The summed E-state index contributed by atoms with van der Waals surface area (Å²) in [6.07, 6.45) is 1.20. The number of ether oxygens (including phenoxy) is 4. The summed E-state index contributed by atoms with van der Waals surface area (Å²) < 4.78 is 36.9. The summed E-state index contributed by atoms with van der Waals surface area (Å²) in [5, 5.41) is 15.6. The molecule has 0 aliphatic heterocycles. The molecule has 12 nitrogen and oxygen atoms in total. The Kier molecular flexibility index (Phi) is 11.5. The average Bonchev–Trinajstić information content (AvgIpc) is 2.90. The Morgan fingerprint density at radius 1 is 0.739 bits per heavy atom. The lowest BCUT2D eigenvalue weighted by Gasteiger charge is -2.27. The van der Waals surface area contributed by atoms with Crippen molar-refractivity contribution in [2.75, 3.05) is 13.1 Å². The van der Waals surface area contributed by atoms with Gasteiger partial charge in [-0.25, -0.2) is 9.18 Å². The molecule has 0 aliphatic rings. The van der Waals surface area contributed by atoms with E-state index in [0.29, 0.717) is 22.4 Å². The normalized spacial score (nSPS) is 12.1. The standard InChI is InChI=1S/C33H42FN5O7/c1-31(2,3)44-27(40)17-39(18-28(41)45-32(4,5)6)16-22-11-10-21(29-37-35-20-36-38-29)14-26(22)43-19-23-12-13-24(34)15-25(23)30(42)46-33(7,8)9/h10-15,20H,16-19H2,1-9H3. The second-order valence-electron chi connectivity index (χ2n) is 13.6. The molecular weight excluding hydrogens is 597 g/mol. The first kappa shape index (κ1) is 36.0. The van der Waals surface area contributed by atoms with Gasteiger partial charge < -0.3 is 18.9 Å². The minimum absolute atomic E-state index is 0.0175. The minimum Gasteiger partial charge on any atom is -0.489 e. The maximum Gasteiger partial charge on any atom is 0.339 e. The van der Waals surface area contributed by atoms with Gasteiger partial charge in [-0.2, -0.15) is 0 Å². The summed E-state index contributed by atoms with van der Waals surface area (Å²) in [6, 6.07) is 8.89. The molecule has 46 heavy (non-hydrogen) atoms. The molecule has 0 unspecified atom stereocenters. The van der Waals surface area contributed by atoms with Gasteiger partial charge in [-0.1, -0.05) is 18.2 Å².